The lowest BCUT2D eigenvalue weighted by Crippen LogP contribution is -2.15. The van der Waals surface area contributed by atoms with Crippen LogP contribution in [0.5, 0.6) is 0 Å². The summed E-state index contributed by atoms with van der Waals surface area (Å²) in [4.78, 5) is 25.1. The van der Waals surface area contributed by atoms with Crippen molar-refractivity contribution in [3.63, 3.8) is 0 Å². The third-order valence-electron chi connectivity index (χ3n) is 4.86. The van der Waals surface area contributed by atoms with Gasteiger partial charge in [0.05, 0.1) is 23.9 Å². The second-order valence-electron chi connectivity index (χ2n) is 6.81. The standard InChI is InChI=1S/C24H19FN2O3/c1-30-24(29)19-10-2-4-11-21(19)26-23(28)20-15-27(22-12-5-3-9-18(20)22)14-16-7-6-8-17(25)13-16/h2-13,15H,14H2,1H3,(H,26,28). The van der Waals surface area contributed by atoms with Crippen molar-refractivity contribution in [2.24, 2.45) is 0 Å². The fourth-order valence-electron chi connectivity index (χ4n) is 3.46. The summed E-state index contributed by atoms with van der Waals surface area (Å²) >= 11 is 0. The number of ether oxygens (including phenoxy) is 1. The number of hydrogen-bond acceptors (Lipinski definition) is 3. The number of fused-ring (bicyclic) bond motifs is 1. The second-order valence-corrected chi connectivity index (χ2v) is 6.81. The molecule has 0 unspecified atom stereocenters. The van der Waals surface area contributed by atoms with Gasteiger partial charge in [0.25, 0.3) is 5.91 Å². The predicted molar refractivity (Wildman–Crippen MR) is 113 cm³/mol. The zero-order valence-electron chi connectivity index (χ0n) is 16.3. The van der Waals surface area contributed by atoms with Crippen LogP contribution in [0.1, 0.15) is 26.3 Å². The first-order valence-corrected chi connectivity index (χ1v) is 9.38. The Morgan fingerprint density at radius 1 is 0.967 bits per heavy atom. The van der Waals surface area contributed by atoms with Crippen LogP contribution in [-0.4, -0.2) is 23.6 Å². The van der Waals surface area contributed by atoms with Crippen LogP contribution in [0.3, 0.4) is 0 Å². The summed E-state index contributed by atoms with van der Waals surface area (Å²) in [7, 11) is 1.29. The molecule has 0 saturated heterocycles. The Hall–Kier alpha value is -3.93. The third-order valence-corrected chi connectivity index (χ3v) is 4.86. The van der Waals surface area contributed by atoms with E-state index in [9.17, 15) is 14.0 Å². The van der Waals surface area contributed by atoms with Gasteiger partial charge in [0.15, 0.2) is 0 Å². The van der Waals surface area contributed by atoms with E-state index in [-0.39, 0.29) is 17.3 Å². The Bertz CT molecular complexity index is 1250. The van der Waals surface area contributed by atoms with Crippen molar-refractivity contribution < 1.29 is 18.7 Å². The molecule has 1 heterocycles. The smallest absolute Gasteiger partial charge is 0.339 e. The first kappa shape index (κ1) is 19.4. The van der Waals surface area contributed by atoms with Crippen LogP contribution in [0.15, 0.2) is 79.0 Å². The highest BCUT2D eigenvalue weighted by Crippen LogP contribution is 2.25. The van der Waals surface area contributed by atoms with Crippen LogP contribution in [0, 0.1) is 5.82 Å². The van der Waals surface area contributed by atoms with Gasteiger partial charge in [0.2, 0.25) is 0 Å². The summed E-state index contributed by atoms with van der Waals surface area (Å²) in [6.07, 6.45) is 1.74. The van der Waals surface area contributed by atoms with Crippen molar-refractivity contribution in [2.45, 2.75) is 6.54 Å². The first-order chi connectivity index (χ1) is 14.6. The van der Waals surface area contributed by atoms with Gasteiger partial charge in [-0.15, -0.1) is 0 Å². The molecule has 0 saturated carbocycles. The number of carbonyl (C=O) groups is 2. The van der Waals surface area contributed by atoms with Gasteiger partial charge in [-0.25, -0.2) is 9.18 Å². The van der Waals surface area contributed by atoms with Gasteiger partial charge in [-0.05, 0) is 35.9 Å². The van der Waals surface area contributed by atoms with E-state index in [0.717, 1.165) is 16.5 Å². The molecule has 0 aliphatic rings. The fraction of sp³-hybridized carbons (Fsp3) is 0.0833. The molecule has 1 N–H and O–H groups in total. The molecule has 4 rings (SSSR count). The Morgan fingerprint density at radius 2 is 1.73 bits per heavy atom. The topological polar surface area (TPSA) is 60.3 Å². The van der Waals surface area contributed by atoms with E-state index in [0.29, 0.717) is 17.8 Å². The molecular weight excluding hydrogens is 383 g/mol. The lowest BCUT2D eigenvalue weighted by atomic mass is 10.1. The summed E-state index contributed by atoms with van der Waals surface area (Å²) in [6.45, 7) is 0.421. The number of nitrogens with one attached hydrogen (secondary N) is 1. The molecule has 1 amide bonds. The van der Waals surface area contributed by atoms with Crippen molar-refractivity contribution in [3.8, 4) is 0 Å². The number of halogens is 1. The van der Waals surface area contributed by atoms with Crippen molar-refractivity contribution in [1.29, 1.82) is 0 Å². The van der Waals surface area contributed by atoms with Gasteiger partial charge in [-0.2, -0.15) is 0 Å². The highest BCUT2D eigenvalue weighted by molar-refractivity contribution is 6.14. The van der Waals surface area contributed by atoms with Crippen LogP contribution in [-0.2, 0) is 11.3 Å². The number of esters is 1. The molecule has 30 heavy (non-hydrogen) atoms. The monoisotopic (exact) mass is 402 g/mol. The molecule has 4 aromatic rings. The van der Waals surface area contributed by atoms with Crippen LogP contribution < -0.4 is 5.32 Å². The van der Waals surface area contributed by atoms with Gasteiger partial charge in [-0.1, -0.05) is 42.5 Å². The summed E-state index contributed by atoms with van der Waals surface area (Å²) in [5.41, 5.74) is 2.75. The van der Waals surface area contributed by atoms with Crippen LogP contribution in [0.4, 0.5) is 10.1 Å². The highest BCUT2D eigenvalue weighted by atomic mass is 19.1. The Labute approximate surface area is 172 Å². The SMILES string of the molecule is COC(=O)c1ccccc1NC(=O)c1cn(Cc2cccc(F)c2)c2ccccc12. The Balaban J connectivity index is 1.70. The van der Waals surface area contributed by atoms with E-state index in [2.05, 4.69) is 5.32 Å². The summed E-state index contributed by atoms with van der Waals surface area (Å²) in [5.74, 6) is -1.18. The summed E-state index contributed by atoms with van der Waals surface area (Å²) < 4.78 is 20.3. The number of methoxy groups -OCH3 is 1. The molecule has 0 aliphatic heterocycles. The fourth-order valence-corrected chi connectivity index (χ4v) is 3.46. The number of para-hydroxylation sites is 2. The maximum absolute atomic E-state index is 13.6. The summed E-state index contributed by atoms with van der Waals surface area (Å²) in [6, 6.07) is 20.6. The molecular formula is C24H19FN2O3. The second kappa shape index (κ2) is 8.21. The first-order valence-electron chi connectivity index (χ1n) is 9.38. The van der Waals surface area contributed by atoms with Crippen LogP contribution in [0.2, 0.25) is 0 Å². The lowest BCUT2D eigenvalue weighted by molar-refractivity contribution is 0.0602. The molecule has 3 aromatic carbocycles. The number of aromatic nitrogens is 1. The average Bonchev–Trinajstić information content (AvgIpc) is 3.12. The molecule has 0 radical (unpaired) electrons. The van der Waals surface area contributed by atoms with Crippen molar-refractivity contribution in [2.75, 3.05) is 12.4 Å². The van der Waals surface area contributed by atoms with Crippen molar-refractivity contribution >= 4 is 28.5 Å². The Kier molecular flexibility index (Phi) is 5.30. The van der Waals surface area contributed by atoms with E-state index >= 15 is 0 Å². The number of anilines is 1. The normalized spacial score (nSPS) is 10.7. The van der Waals surface area contributed by atoms with E-state index in [4.69, 9.17) is 4.74 Å². The summed E-state index contributed by atoms with van der Waals surface area (Å²) in [5, 5.41) is 3.57. The zero-order valence-corrected chi connectivity index (χ0v) is 16.3. The van der Waals surface area contributed by atoms with Crippen LogP contribution >= 0.6 is 0 Å². The molecule has 0 spiro atoms. The molecule has 6 heteroatoms. The number of rotatable bonds is 5. The average molecular weight is 402 g/mol. The Morgan fingerprint density at radius 3 is 2.53 bits per heavy atom. The van der Waals surface area contributed by atoms with Crippen LogP contribution in [0.25, 0.3) is 10.9 Å². The quantitative estimate of drug-likeness (QED) is 0.485. The third kappa shape index (κ3) is 3.80. The lowest BCUT2D eigenvalue weighted by Gasteiger charge is -2.09. The van der Waals surface area contributed by atoms with Gasteiger partial charge >= 0.3 is 5.97 Å². The minimum atomic E-state index is -0.528. The van der Waals surface area contributed by atoms with E-state index in [1.807, 2.05) is 34.9 Å². The molecule has 0 fully saturated rings. The van der Waals surface area contributed by atoms with Crippen molar-refractivity contribution in [3.05, 3.63) is 102 Å². The molecule has 0 atom stereocenters. The molecule has 1 aromatic heterocycles. The van der Waals surface area contributed by atoms with Gasteiger partial charge in [0.1, 0.15) is 5.82 Å². The molecule has 0 bridgehead atoms. The zero-order chi connectivity index (χ0) is 21.1. The number of nitrogens with zero attached hydrogens (tertiary/aromatic N) is 1. The predicted octanol–water partition coefficient (Wildman–Crippen LogP) is 4.87. The van der Waals surface area contributed by atoms with Gasteiger partial charge in [-0.3, -0.25) is 4.79 Å². The van der Waals surface area contributed by atoms with Crippen molar-refractivity contribution in [1.82, 2.24) is 4.57 Å². The maximum atomic E-state index is 13.6. The van der Waals surface area contributed by atoms with Gasteiger partial charge < -0.3 is 14.6 Å². The van der Waals surface area contributed by atoms with Gasteiger partial charge in [0, 0.05) is 23.6 Å². The largest absolute Gasteiger partial charge is 0.465 e. The number of amides is 1. The molecule has 5 nitrogen and oxygen atoms in total. The molecule has 150 valence electrons. The maximum Gasteiger partial charge on any atom is 0.339 e. The number of carbonyl (C=O) groups excluding carboxylic acids is 2. The van der Waals surface area contributed by atoms with E-state index in [1.54, 1.807) is 36.5 Å². The minimum absolute atomic E-state index is 0.275. The highest BCUT2D eigenvalue weighted by Gasteiger charge is 2.18. The minimum Gasteiger partial charge on any atom is -0.465 e. The number of benzene rings is 3. The number of hydrogen-bond donors (Lipinski definition) is 1. The van der Waals surface area contributed by atoms with E-state index < -0.39 is 5.97 Å². The van der Waals surface area contributed by atoms with E-state index in [1.165, 1.54) is 19.2 Å². The molecule has 0 aliphatic carbocycles.